The lowest BCUT2D eigenvalue weighted by Gasteiger charge is -2.33. The van der Waals surface area contributed by atoms with E-state index in [2.05, 4.69) is 19.6 Å². The van der Waals surface area contributed by atoms with Gasteiger partial charge in [0.15, 0.2) is 0 Å². The van der Waals surface area contributed by atoms with Crippen molar-refractivity contribution in [1.29, 1.82) is 0 Å². The standard InChI is InChI=1S/C93H63F9N4/c94-91(95,96)73-46-31-64(32-47-73)70-43-58-85(67-37-52-82(53-38-67)103(76-19-7-1-8-20-76)77-21-9-2-10-22-77)88(61-70)106(89-62-71(65-33-48-74(49-34-65)92(97,98)99)44-59-86(89)68-39-54-83(55-40-68)104(78-23-11-3-12-24-78)79-25-13-4-14-26-79)90-63-72(66-35-50-75(51-36-66)93(100,101)102)45-60-87(90)69-41-56-84(57-42-69)105(80-27-15-5-16-28-80)81-29-17-6-18-30-81/h1-63H. The minimum atomic E-state index is -4.64. The van der Waals surface area contributed by atoms with E-state index >= 15 is 0 Å². The molecule has 0 N–H and O–H groups in total. The molecule has 0 aliphatic rings. The number of rotatable bonds is 18. The van der Waals surface area contributed by atoms with E-state index < -0.39 is 35.2 Å². The summed E-state index contributed by atoms with van der Waals surface area (Å²) in [6.07, 6.45) is -13.9. The molecule has 106 heavy (non-hydrogen) atoms. The highest BCUT2D eigenvalue weighted by Gasteiger charge is 2.34. The molecule has 0 heterocycles. The number of alkyl halides is 9. The molecule has 15 aromatic rings. The van der Waals surface area contributed by atoms with E-state index in [0.29, 0.717) is 83.8 Å². The first-order valence-corrected chi connectivity index (χ1v) is 34.2. The van der Waals surface area contributed by atoms with Gasteiger partial charge < -0.3 is 19.6 Å². The third-order valence-corrected chi connectivity index (χ3v) is 18.7. The lowest BCUT2D eigenvalue weighted by Crippen LogP contribution is -2.15. The fraction of sp³-hybridized carbons (Fsp3) is 0.0323. The predicted molar refractivity (Wildman–Crippen MR) is 413 cm³/mol. The maximum absolute atomic E-state index is 14.5. The first kappa shape index (κ1) is 68.6. The molecular weight excluding hydrogens is 1340 g/mol. The van der Waals surface area contributed by atoms with E-state index in [1.807, 2.05) is 309 Å². The molecule has 4 nitrogen and oxygen atoms in total. The third-order valence-electron chi connectivity index (χ3n) is 18.7. The minimum Gasteiger partial charge on any atom is -0.311 e. The van der Waals surface area contributed by atoms with Gasteiger partial charge in [-0.1, -0.05) is 218 Å². The summed E-state index contributed by atoms with van der Waals surface area (Å²) in [6, 6.07) is 116. The summed E-state index contributed by atoms with van der Waals surface area (Å²) in [6.45, 7) is 0. The second-order valence-corrected chi connectivity index (χ2v) is 25.4. The molecular formula is C93H63F9N4. The van der Waals surface area contributed by atoms with Crippen molar-refractivity contribution >= 4 is 68.2 Å². The Kier molecular flexibility index (Phi) is 19.0. The van der Waals surface area contributed by atoms with Gasteiger partial charge in [0.25, 0.3) is 0 Å². The molecule has 0 radical (unpaired) electrons. The lowest BCUT2D eigenvalue weighted by molar-refractivity contribution is -0.138. The second kappa shape index (κ2) is 29.3. The molecule has 15 aromatic carbocycles. The Morgan fingerprint density at radius 3 is 0.509 bits per heavy atom. The van der Waals surface area contributed by atoms with Gasteiger partial charge in [0.2, 0.25) is 0 Å². The van der Waals surface area contributed by atoms with Crippen molar-refractivity contribution in [1.82, 2.24) is 0 Å². The van der Waals surface area contributed by atoms with Crippen molar-refractivity contribution in [2.75, 3.05) is 19.6 Å². The Bertz CT molecular complexity index is 4810. The second-order valence-electron chi connectivity index (χ2n) is 25.4. The molecule has 0 aromatic heterocycles. The monoisotopic (exact) mass is 1410 g/mol. The van der Waals surface area contributed by atoms with Crippen molar-refractivity contribution in [2.45, 2.75) is 18.5 Å². The molecule has 0 amide bonds. The number of para-hydroxylation sites is 6. The summed E-state index contributed by atoms with van der Waals surface area (Å²) in [7, 11) is 0. The van der Waals surface area contributed by atoms with E-state index in [4.69, 9.17) is 0 Å². The van der Waals surface area contributed by atoms with Gasteiger partial charge in [0, 0.05) is 67.9 Å². The zero-order valence-electron chi connectivity index (χ0n) is 56.6. The average molecular weight is 1410 g/mol. The quantitative estimate of drug-likeness (QED) is 0.0794. The summed E-state index contributed by atoms with van der Waals surface area (Å²) in [5.74, 6) is 0. The largest absolute Gasteiger partial charge is 0.416 e. The van der Waals surface area contributed by atoms with Gasteiger partial charge >= 0.3 is 18.5 Å². The van der Waals surface area contributed by atoms with Crippen LogP contribution in [0.4, 0.5) is 108 Å². The van der Waals surface area contributed by atoms with E-state index in [0.717, 1.165) is 87.6 Å². The highest BCUT2D eigenvalue weighted by molar-refractivity contribution is 6.01. The van der Waals surface area contributed by atoms with E-state index in [1.165, 1.54) is 36.4 Å². The molecule has 0 fully saturated rings. The average Bonchev–Trinajstić information content (AvgIpc) is 0.739. The van der Waals surface area contributed by atoms with Crippen LogP contribution in [0.15, 0.2) is 382 Å². The van der Waals surface area contributed by atoms with Crippen LogP contribution in [0, 0.1) is 0 Å². The van der Waals surface area contributed by atoms with Gasteiger partial charge in [-0.25, -0.2) is 0 Å². The van der Waals surface area contributed by atoms with Crippen LogP contribution in [0.2, 0.25) is 0 Å². The minimum absolute atomic E-state index is 0.448. The first-order valence-electron chi connectivity index (χ1n) is 34.2. The van der Waals surface area contributed by atoms with Gasteiger partial charge in [0.05, 0.1) is 33.8 Å². The summed E-state index contributed by atoms with van der Waals surface area (Å²) in [5, 5.41) is 0. The fourth-order valence-electron chi connectivity index (χ4n) is 13.5. The van der Waals surface area contributed by atoms with Crippen molar-refractivity contribution < 1.29 is 39.5 Å². The summed E-state index contributed by atoms with van der Waals surface area (Å²) in [4.78, 5) is 8.48. The molecule has 0 spiro atoms. The van der Waals surface area contributed by atoms with Crippen molar-refractivity contribution in [3.63, 3.8) is 0 Å². The van der Waals surface area contributed by atoms with Gasteiger partial charge in [0.1, 0.15) is 0 Å². The SMILES string of the molecule is FC(F)(F)c1ccc(-c2ccc(-c3ccc(N(c4ccccc4)c4ccccc4)cc3)c(N(c3cc(-c4ccc(C(F)(F)F)cc4)ccc3-c3ccc(N(c4ccccc4)c4ccccc4)cc3)c3cc(-c4ccc(C(F)(F)F)cc4)ccc3-c3ccc(N(c4ccccc4)c4ccccc4)cc3)c2)cc1. The zero-order valence-corrected chi connectivity index (χ0v) is 56.6. The Morgan fingerprint density at radius 1 is 0.151 bits per heavy atom. The molecule has 0 unspecified atom stereocenters. The number of anilines is 12. The molecule has 13 heteroatoms. The normalized spacial score (nSPS) is 11.6. The summed E-state index contributed by atoms with van der Waals surface area (Å²) in [5.41, 5.74) is 13.8. The topological polar surface area (TPSA) is 13.0 Å². The van der Waals surface area contributed by atoms with E-state index in [1.54, 1.807) is 0 Å². The van der Waals surface area contributed by atoms with Crippen LogP contribution in [0.3, 0.4) is 0 Å². The van der Waals surface area contributed by atoms with Crippen LogP contribution < -0.4 is 19.6 Å². The highest BCUT2D eigenvalue weighted by atomic mass is 19.4. The Labute approximate surface area is 608 Å². The van der Waals surface area contributed by atoms with E-state index in [9.17, 15) is 39.5 Å². The molecule has 15 rings (SSSR count). The van der Waals surface area contributed by atoms with Crippen molar-refractivity contribution in [3.8, 4) is 66.8 Å². The van der Waals surface area contributed by atoms with Gasteiger partial charge in [-0.15, -0.1) is 0 Å². The number of hydrogen-bond acceptors (Lipinski definition) is 4. The molecule has 0 aliphatic carbocycles. The van der Waals surface area contributed by atoms with E-state index in [-0.39, 0.29) is 0 Å². The lowest BCUT2D eigenvalue weighted by atomic mass is 9.91. The van der Waals surface area contributed by atoms with Crippen LogP contribution in [0.5, 0.6) is 0 Å². The maximum atomic E-state index is 14.5. The molecule has 0 atom stereocenters. The fourth-order valence-corrected chi connectivity index (χ4v) is 13.5. The Morgan fingerprint density at radius 2 is 0.321 bits per heavy atom. The van der Waals surface area contributed by atoms with Crippen LogP contribution >= 0.6 is 0 Å². The number of halogens is 9. The Balaban J connectivity index is 1.03. The number of hydrogen-bond donors (Lipinski definition) is 0. The van der Waals surface area contributed by atoms with Gasteiger partial charge in [-0.3, -0.25) is 0 Å². The third kappa shape index (κ3) is 14.6. The molecule has 0 saturated carbocycles. The van der Waals surface area contributed by atoms with Crippen LogP contribution in [-0.2, 0) is 18.5 Å². The highest BCUT2D eigenvalue weighted by Crippen LogP contribution is 2.53. The first-order chi connectivity index (χ1) is 51.5. The predicted octanol–water partition coefficient (Wildman–Crippen LogP) is 28.6. The molecule has 0 bridgehead atoms. The van der Waals surface area contributed by atoms with Crippen molar-refractivity contribution in [2.24, 2.45) is 0 Å². The number of nitrogens with zero attached hydrogens (tertiary/aromatic N) is 4. The maximum Gasteiger partial charge on any atom is 0.416 e. The van der Waals surface area contributed by atoms with Crippen LogP contribution in [-0.4, -0.2) is 0 Å². The van der Waals surface area contributed by atoms with Gasteiger partial charge in [-0.2, -0.15) is 39.5 Å². The zero-order chi connectivity index (χ0) is 72.9. The number of benzene rings is 15. The van der Waals surface area contributed by atoms with Crippen LogP contribution in [0.1, 0.15) is 16.7 Å². The van der Waals surface area contributed by atoms with Crippen LogP contribution in [0.25, 0.3) is 66.8 Å². The Hall–Kier alpha value is -13.1. The smallest absolute Gasteiger partial charge is 0.311 e. The summed E-state index contributed by atoms with van der Waals surface area (Å²) >= 11 is 0. The van der Waals surface area contributed by atoms with Gasteiger partial charge in [-0.05, 0) is 214 Å². The molecule has 518 valence electrons. The molecule has 0 saturated heterocycles. The molecule has 0 aliphatic heterocycles. The van der Waals surface area contributed by atoms with Crippen molar-refractivity contribution in [3.05, 3.63) is 399 Å². The summed E-state index contributed by atoms with van der Waals surface area (Å²) < 4.78 is 131.